The highest BCUT2D eigenvalue weighted by atomic mass is 16.1. The zero-order valence-corrected chi connectivity index (χ0v) is 8.29. The van der Waals surface area contributed by atoms with Crippen molar-refractivity contribution >= 4 is 5.78 Å². The summed E-state index contributed by atoms with van der Waals surface area (Å²) in [7, 11) is 0. The molecule has 0 saturated heterocycles. The van der Waals surface area contributed by atoms with Crippen LogP contribution in [0.5, 0.6) is 0 Å². The lowest BCUT2D eigenvalue weighted by atomic mass is 9.67. The summed E-state index contributed by atoms with van der Waals surface area (Å²) < 4.78 is 0. The third-order valence-corrected chi connectivity index (χ3v) is 4.65. The fourth-order valence-electron chi connectivity index (χ4n) is 3.94. The highest BCUT2D eigenvalue weighted by molar-refractivity contribution is 5.90. The molecule has 0 heterocycles. The molecule has 0 unspecified atom stereocenters. The first-order valence-electron chi connectivity index (χ1n) is 5.33. The van der Waals surface area contributed by atoms with Gasteiger partial charge >= 0.3 is 0 Å². The average molecular weight is 176 g/mol. The number of fused-ring (bicyclic) bond motifs is 5. The van der Waals surface area contributed by atoms with E-state index in [1.165, 1.54) is 12.8 Å². The molecule has 0 aromatic heterocycles. The minimum Gasteiger partial charge on any atom is -0.299 e. The topological polar surface area (TPSA) is 17.1 Å². The first-order chi connectivity index (χ1) is 6.12. The van der Waals surface area contributed by atoms with Gasteiger partial charge in [-0.05, 0) is 30.6 Å². The number of carbonyl (C=O) groups excluding carboxylic acids is 1. The predicted molar refractivity (Wildman–Crippen MR) is 51.1 cm³/mol. The number of ketones is 1. The van der Waals surface area contributed by atoms with Crippen LogP contribution in [0.15, 0.2) is 12.2 Å². The molecule has 2 bridgehead atoms. The van der Waals surface area contributed by atoms with Gasteiger partial charge in [0.15, 0.2) is 0 Å². The smallest absolute Gasteiger partial charge is 0.142 e. The Balaban J connectivity index is 2.04. The minimum atomic E-state index is -0.0160. The Morgan fingerprint density at radius 2 is 2.23 bits per heavy atom. The largest absolute Gasteiger partial charge is 0.299 e. The molecule has 3 aliphatic carbocycles. The molecule has 1 heteroatoms. The molecule has 0 aromatic carbocycles. The van der Waals surface area contributed by atoms with Crippen molar-refractivity contribution < 1.29 is 4.79 Å². The summed E-state index contributed by atoms with van der Waals surface area (Å²) in [6, 6.07) is 0. The molecule has 2 saturated carbocycles. The summed E-state index contributed by atoms with van der Waals surface area (Å²) in [5.74, 6) is 3.00. The molecule has 0 radical (unpaired) electrons. The van der Waals surface area contributed by atoms with Crippen LogP contribution in [0.4, 0.5) is 0 Å². The van der Waals surface area contributed by atoms with Gasteiger partial charge < -0.3 is 0 Å². The molecule has 70 valence electrons. The summed E-state index contributed by atoms with van der Waals surface area (Å²) >= 11 is 0. The zero-order chi connectivity index (χ0) is 9.22. The molecule has 1 nitrogen and oxygen atoms in total. The SMILES string of the molecule is CC1(C)C(=O)[C@@H]2C[C@H]1[C@H]1CC=C[C@H]12. The van der Waals surface area contributed by atoms with Gasteiger partial charge in [0.2, 0.25) is 0 Å². The van der Waals surface area contributed by atoms with Gasteiger partial charge in [-0.3, -0.25) is 4.79 Å². The highest BCUT2D eigenvalue weighted by Crippen LogP contribution is 2.61. The summed E-state index contributed by atoms with van der Waals surface area (Å²) in [4.78, 5) is 12.0. The zero-order valence-electron chi connectivity index (χ0n) is 8.29. The maximum Gasteiger partial charge on any atom is 0.142 e. The fourth-order valence-corrected chi connectivity index (χ4v) is 3.94. The van der Waals surface area contributed by atoms with Crippen molar-refractivity contribution in [2.24, 2.45) is 29.1 Å². The molecule has 0 spiro atoms. The van der Waals surface area contributed by atoms with E-state index in [0.717, 1.165) is 5.92 Å². The molecule has 0 amide bonds. The first kappa shape index (κ1) is 7.78. The van der Waals surface area contributed by atoms with Gasteiger partial charge in [-0.2, -0.15) is 0 Å². The number of hydrogen-bond donors (Lipinski definition) is 0. The summed E-state index contributed by atoms with van der Waals surface area (Å²) in [6.07, 6.45) is 6.97. The number of rotatable bonds is 0. The lowest BCUT2D eigenvalue weighted by Crippen LogP contribution is -2.38. The van der Waals surface area contributed by atoms with Crippen LogP contribution in [0.25, 0.3) is 0 Å². The van der Waals surface area contributed by atoms with Crippen molar-refractivity contribution in [1.82, 2.24) is 0 Å². The Labute approximate surface area is 79.2 Å². The van der Waals surface area contributed by atoms with Gasteiger partial charge in [0.05, 0.1) is 0 Å². The van der Waals surface area contributed by atoms with Gasteiger partial charge in [-0.15, -0.1) is 0 Å². The number of allylic oxidation sites excluding steroid dienone is 2. The van der Waals surface area contributed by atoms with Crippen molar-refractivity contribution in [2.75, 3.05) is 0 Å². The van der Waals surface area contributed by atoms with Gasteiger partial charge in [0.1, 0.15) is 5.78 Å². The molecule has 2 fully saturated rings. The maximum absolute atomic E-state index is 12.0. The number of carbonyl (C=O) groups is 1. The van der Waals surface area contributed by atoms with E-state index < -0.39 is 0 Å². The number of hydrogen-bond acceptors (Lipinski definition) is 1. The van der Waals surface area contributed by atoms with Crippen LogP contribution in [-0.2, 0) is 4.79 Å². The quantitative estimate of drug-likeness (QED) is 0.518. The minimum absolute atomic E-state index is 0.0160. The second-order valence-electron chi connectivity index (χ2n) is 5.44. The van der Waals surface area contributed by atoms with Crippen molar-refractivity contribution in [3.8, 4) is 0 Å². The van der Waals surface area contributed by atoms with Crippen molar-refractivity contribution in [3.63, 3.8) is 0 Å². The molecule has 0 N–H and O–H groups in total. The molecule has 3 aliphatic rings. The van der Waals surface area contributed by atoms with E-state index in [4.69, 9.17) is 0 Å². The standard InChI is InChI=1S/C12H16O/c1-12(2)10-6-9(11(12)13)7-4-3-5-8(7)10/h3-4,7-10H,5-6H2,1-2H3/t7-,8+,9-,10+/m1/s1. The van der Waals surface area contributed by atoms with E-state index in [1.54, 1.807) is 0 Å². The predicted octanol–water partition coefficient (Wildman–Crippen LogP) is 2.42. The van der Waals surface area contributed by atoms with Crippen LogP contribution in [-0.4, -0.2) is 5.78 Å². The third kappa shape index (κ3) is 0.722. The van der Waals surface area contributed by atoms with Crippen LogP contribution in [0, 0.1) is 29.1 Å². The van der Waals surface area contributed by atoms with Gasteiger partial charge in [0, 0.05) is 11.3 Å². The van der Waals surface area contributed by atoms with E-state index in [2.05, 4.69) is 26.0 Å². The van der Waals surface area contributed by atoms with Crippen LogP contribution in [0.2, 0.25) is 0 Å². The van der Waals surface area contributed by atoms with Crippen molar-refractivity contribution in [3.05, 3.63) is 12.2 Å². The van der Waals surface area contributed by atoms with Crippen molar-refractivity contribution in [1.29, 1.82) is 0 Å². The van der Waals surface area contributed by atoms with E-state index >= 15 is 0 Å². The van der Waals surface area contributed by atoms with Crippen LogP contribution in [0.1, 0.15) is 26.7 Å². The number of Topliss-reactive ketones (excluding diaryl/α,β-unsaturated/α-hetero) is 1. The molecular formula is C12H16O. The molecule has 0 aliphatic heterocycles. The normalized spacial score (nSPS) is 50.2. The molecular weight excluding hydrogens is 160 g/mol. The lowest BCUT2D eigenvalue weighted by Gasteiger charge is -2.35. The Morgan fingerprint density at radius 3 is 3.00 bits per heavy atom. The van der Waals surface area contributed by atoms with Crippen LogP contribution in [0.3, 0.4) is 0 Å². The Hall–Kier alpha value is -0.590. The van der Waals surface area contributed by atoms with Gasteiger partial charge in [0.25, 0.3) is 0 Å². The Morgan fingerprint density at radius 1 is 1.46 bits per heavy atom. The monoisotopic (exact) mass is 176 g/mol. The Kier molecular flexibility index (Phi) is 1.24. The Bertz CT molecular complexity index is 300. The molecule has 0 aromatic rings. The first-order valence-corrected chi connectivity index (χ1v) is 5.33. The fraction of sp³-hybridized carbons (Fsp3) is 0.750. The van der Waals surface area contributed by atoms with Crippen LogP contribution >= 0.6 is 0 Å². The molecule has 13 heavy (non-hydrogen) atoms. The van der Waals surface area contributed by atoms with E-state index in [1.807, 2.05) is 0 Å². The molecule has 4 atom stereocenters. The second kappa shape index (κ2) is 2.08. The summed E-state index contributed by atoms with van der Waals surface area (Å²) in [6.45, 7) is 4.29. The highest BCUT2D eigenvalue weighted by Gasteiger charge is 2.61. The second-order valence-corrected chi connectivity index (χ2v) is 5.44. The average Bonchev–Trinajstić information content (AvgIpc) is 2.63. The summed E-state index contributed by atoms with van der Waals surface area (Å²) in [5, 5.41) is 0. The van der Waals surface area contributed by atoms with Gasteiger partial charge in [-0.1, -0.05) is 26.0 Å². The lowest BCUT2D eigenvalue weighted by molar-refractivity contribution is -0.133. The van der Waals surface area contributed by atoms with E-state index in [-0.39, 0.29) is 5.41 Å². The van der Waals surface area contributed by atoms with Crippen molar-refractivity contribution in [2.45, 2.75) is 26.7 Å². The molecule has 3 rings (SSSR count). The maximum atomic E-state index is 12.0. The third-order valence-electron chi connectivity index (χ3n) is 4.65. The van der Waals surface area contributed by atoms with Crippen LogP contribution < -0.4 is 0 Å². The summed E-state index contributed by atoms with van der Waals surface area (Å²) in [5.41, 5.74) is -0.0160. The van der Waals surface area contributed by atoms with E-state index in [9.17, 15) is 4.79 Å². The van der Waals surface area contributed by atoms with Gasteiger partial charge in [-0.25, -0.2) is 0 Å². The van der Waals surface area contributed by atoms with E-state index in [0.29, 0.717) is 23.5 Å².